The number of fused-ring (bicyclic) bond motifs is 1. The number of hydrogen-bond acceptors (Lipinski definition) is 11. The van der Waals surface area contributed by atoms with Gasteiger partial charge in [0.2, 0.25) is 0 Å². The third-order valence-corrected chi connectivity index (χ3v) is 6.35. The van der Waals surface area contributed by atoms with E-state index >= 15 is 0 Å². The molecule has 6 atom stereocenters. The molecule has 3 heterocycles. The van der Waals surface area contributed by atoms with E-state index in [4.69, 9.17) is 14.2 Å². The first-order valence-corrected chi connectivity index (χ1v) is 12.0. The number of anilines is 1. The average Bonchev–Trinajstić information content (AvgIpc) is 3.51. The third kappa shape index (κ3) is 5.24. The molecule has 0 amide bonds. The van der Waals surface area contributed by atoms with Crippen LogP contribution >= 0.6 is 0 Å². The van der Waals surface area contributed by atoms with Crippen LogP contribution in [0.15, 0.2) is 12.7 Å². The molecule has 0 radical (unpaired) electrons. The molecule has 2 fully saturated rings. The van der Waals surface area contributed by atoms with Crippen molar-refractivity contribution < 1.29 is 34.0 Å². The van der Waals surface area contributed by atoms with Crippen LogP contribution in [0.2, 0.25) is 0 Å². The van der Waals surface area contributed by atoms with Crippen molar-refractivity contribution in [1.29, 1.82) is 0 Å². The minimum absolute atomic E-state index is 0.115. The van der Waals surface area contributed by atoms with Crippen molar-refractivity contribution in [1.82, 2.24) is 19.5 Å². The Bertz CT molecular complexity index is 1060. The predicted octanol–water partition coefficient (Wildman–Crippen LogP) is 1.18. The second kappa shape index (κ2) is 10.4. The highest BCUT2D eigenvalue weighted by atomic mass is 16.6. The van der Waals surface area contributed by atoms with Crippen LogP contribution in [0.25, 0.3) is 11.2 Å². The highest BCUT2D eigenvalue weighted by Gasteiger charge is 2.45. The monoisotopic (exact) mass is 491 g/mol. The van der Waals surface area contributed by atoms with Gasteiger partial charge < -0.3 is 29.7 Å². The SMILES string of the molecule is CC(C)C(=O)OC[C@H]1O[C@@H](n2cnc3c(N[C@H]4CCC[C@@H]4OC(=O)C(C)C)ncnc32)[C@H](O)[C@H]1O. The van der Waals surface area contributed by atoms with Crippen molar-refractivity contribution in [3.05, 3.63) is 12.7 Å². The van der Waals surface area contributed by atoms with Gasteiger partial charge >= 0.3 is 11.9 Å². The van der Waals surface area contributed by atoms with Gasteiger partial charge in [-0.05, 0) is 19.3 Å². The molecular formula is C23H33N5O7. The molecule has 4 rings (SSSR count). The highest BCUT2D eigenvalue weighted by molar-refractivity contribution is 5.83. The van der Waals surface area contributed by atoms with Crippen LogP contribution in [0, 0.1) is 11.8 Å². The molecule has 12 nitrogen and oxygen atoms in total. The third-order valence-electron chi connectivity index (χ3n) is 6.35. The minimum Gasteiger partial charge on any atom is -0.463 e. The van der Waals surface area contributed by atoms with E-state index in [2.05, 4.69) is 20.3 Å². The van der Waals surface area contributed by atoms with Crippen LogP contribution in [0.5, 0.6) is 0 Å². The molecule has 35 heavy (non-hydrogen) atoms. The number of aliphatic hydroxyl groups is 2. The van der Waals surface area contributed by atoms with Gasteiger partial charge in [-0.25, -0.2) is 15.0 Å². The molecule has 0 unspecified atom stereocenters. The zero-order valence-corrected chi connectivity index (χ0v) is 20.3. The first-order valence-electron chi connectivity index (χ1n) is 12.0. The van der Waals surface area contributed by atoms with Crippen molar-refractivity contribution in [3.8, 4) is 0 Å². The molecule has 192 valence electrons. The van der Waals surface area contributed by atoms with Crippen molar-refractivity contribution >= 4 is 28.9 Å². The van der Waals surface area contributed by atoms with Crippen LogP contribution in [-0.2, 0) is 23.8 Å². The van der Waals surface area contributed by atoms with Gasteiger partial charge in [0.1, 0.15) is 37.4 Å². The van der Waals surface area contributed by atoms with Crippen molar-refractivity contribution in [2.75, 3.05) is 11.9 Å². The minimum atomic E-state index is -1.28. The number of aliphatic hydroxyl groups excluding tert-OH is 2. The van der Waals surface area contributed by atoms with Crippen LogP contribution in [0.3, 0.4) is 0 Å². The summed E-state index contributed by atoms with van der Waals surface area (Å²) in [6, 6.07) is -0.115. The molecule has 1 saturated heterocycles. The van der Waals surface area contributed by atoms with E-state index < -0.39 is 30.5 Å². The highest BCUT2D eigenvalue weighted by Crippen LogP contribution is 2.33. The van der Waals surface area contributed by atoms with E-state index in [-0.39, 0.29) is 36.6 Å². The molecule has 0 bridgehead atoms. The Morgan fingerprint density at radius 1 is 1.11 bits per heavy atom. The second-order valence-electron chi connectivity index (χ2n) is 9.69. The summed E-state index contributed by atoms with van der Waals surface area (Å²) in [5, 5.41) is 24.4. The van der Waals surface area contributed by atoms with Gasteiger partial charge in [-0.3, -0.25) is 14.2 Å². The molecule has 1 aliphatic heterocycles. The number of rotatable bonds is 8. The quantitative estimate of drug-likeness (QED) is 0.455. The summed E-state index contributed by atoms with van der Waals surface area (Å²) in [6.45, 7) is 6.83. The molecule has 0 aromatic carbocycles. The maximum Gasteiger partial charge on any atom is 0.308 e. The molecule has 2 aromatic heterocycles. The van der Waals surface area contributed by atoms with E-state index in [1.54, 1.807) is 27.7 Å². The molecule has 2 aromatic rings. The number of esters is 2. The number of aromatic nitrogens is 4. The zero-order chi connectivity index (χ0) is 25.3. The van der Waals surface area contributed by atoms with E-state index in [9.17, 15) is 19.8 Å². The van der Waals surface area contributed by atoms with Crippen molar-refractivity contribution in [2.45, 2.75) is 83.6 Å². The Balaban J connectivity index is 1.50. The first kappa shape index (κ1) is 25.3. The summed E-state index contributed by atoms with van der Waals surface area (Å²) < 4.78 is 18.2. The normalized spacial score (nSPS) is 28.7. The number of carbonyl (C=O) groups excluding carboxylic acids is 2. The van der Waals surface area contributed by atoms with E-state index in [0.717, 1.165) is 19.3 Å². The number of nitrogens with zero attached hydrogens (tertiary/aromatic N) is 4. The van der Waals surface area contributed by atoms with Gasteiger partial charge in [0.15, 0.2) is 23.2 Å². The Morgan fingerprint density at radius 2 is 1.86 bits per heavy atom. The van der Waals surface area contributed by atoms with Gasteiger partial charge in [0, 0.05) is 0 Å². The summed E-state index contributed by atoms with van der Waals surface area (Å²) in [4.78, 5) is 36.9. The molecule has 2 aliphatic rings. The zero-order valence-electron chi connectivity index (χ0n) is 20.3. The van der Waals surface area contributed by atoms with Gasteiger partial charge in [-0.15, -0.1) is 0 Å². The standard InChI is InChI=1S/C23H33N5O7/c1-11(2)22(31)33-8-15-17(29)18(30)21(34-15)28-10-26-16-19(24-9-25-20(16)28)27-13-6-5-7-14(13)35-23(32)12(3)4/h9-15,17-18,21,29-30H,5-8H2,1-4H3,(H,24,25,27)/t13-,14-,15+,17-,18+,21+/m0/s1. The summed E-state index contributed by atoms with van der Waals surface area (Å²) in [7, 11) is 0. The maximum absolute atomic E-state index is 12.1. The molecule has 3 N–H and O–H groups in total. The first-order chi connectivity index (χ1) is 16.7. The second-order valence-corrected chi connectivity index (χ2v) is 9.69. The summed E-state index contributed by atoms with van der Waals surface area (Å²) in [5.41, 5.74) is 0.848. The van der Waals surface area contributed by atoms with E-state index in [1.165, 1.54) is 17.2 Å². The summed E-state index contributed by atoms with van der Waals surface area (Å²) >= 11 is 0. The summed E-state index contributed by atoms with van der Waals surface area (Å²) in [5.74, 6) is -0.701. The van der Waals surface area contributed by atoms with Gasteiger partial charge in [-0.1, -0.05) is 27.7 Å². The Hall–Kier alpha value is -2.83. The van der Waals surface area contributed by atoms with Gasteiger partial charge in [0.25, 0.3) is 0 Å². The number of ether oxygens (including phenoxy) is 3. The Kier molecular flexibility index (Phi) is 7.53. The smallest absolute Gasteiger partial charge is 0.308 e. The fraction of sp³-hybridized carbons (Fsp3) is 0.696. The van der Waals surface area contributed by atoms with Crippen molar-refractivity contribution in [2.24, 2.45) is 11.8 Å². The molecule has 1 saturated carbocycles. The van der Waals surface area contributed by atoms with Gasteiger partial charge in [0.05, 0.1) is 24.2 Å². The van der Waals surface area contributed by atoms with Crippen LogP contribution < -0.4 is 5.32 Å². The molecule has 1 aliphatic carbocycles. The lowest BCUT2D eigenvalue weighted by atomic mass is 10.1. The van der Waals surface area contributed by atoms with Crippen LogP contribution in [0.4, 0.5) is 5.82 Å². The Labute approximate surface area is 203 Å². The maximum atomic E-state index is 12.1. The number of nitrogens with one attached hydrogen (secondary N) is 1. The van der Waals surface area contributed by atoms with E-state index in [1.807, 2.05) is 0 Å². The van der Waals surface area contributed by atoms with Gasteiger partial charge in [-0.2, -0.15) is 0 Å². The van der Waals surface area contributed by atoms with E-state index in [0.29, 0.717) is 17.0 Å². The predicted molar refractivity (Wildman–Crippen MR) is 123 cm³/mol. The number of carbonyl (C=O) groups is 2. The van der Waals surface area contributed by atoms with Crippen molar-refractivity contribution in [3.63, 3.8) is 0 Å². The fourth-order valence-electron chi connectivity index (χ4n) is 4.26. The lowest BCUT2D eigenvalue weighted by Crippen LogP contribution is -2.34. The Morgan fingerprint density at radius 3 is 2.57 bits per heavy atom. The lowest BCUT2D eigenvalue weighted by Gasteiger charge is -2.22. The largest absolute Gasteiger partial charge is 0.463 e. The summed E-state index contributed by atoms with van der Waals surface area (Å²) in [6.07, 6.45) is 0.641. The fourth-order valence-corrected chi connectivity index (χ4v) is 4.26. The topological polar surface area (TPSA) is 158 Å². The van der Waals surface area contributed by atoms with Crippen LogP contribution in [0.1, 0.15) is 53.2 Å². The molecular weight excluding hydrogens is 458 g/mol. The average molecular weight is 492 g/mol. The number of imidazole rings is 1. The molecule has 0 spiro atoms. The van der Waals surface area contributed by atoms with Crippen LogP contribution in [-0.4, -0.2) is 78.7 Å². The number of hydrogen-bond donors (Lipinski definition) is 3. The lowest BCUT2D eigenvalue weighted by molar-refractivity contribution is -0.154. The molecule has 12 heteroatoms.